The van der Waals surface area contributed by atoms with E-state index in [1.165, 1.54) is 17.0 Å². The van der Waals surface area contributed by atoms with E-state index in [1.54, 1.807) is 17.4 Å². The van der Waals surface area contributed by atoms with Gasteiger partial charge in [-0.15, -0.1) is 11.3 Å². The first-order valence-electron chi connectivity index (χ1n) is 9.09. The molecule has 0 spiro atoms. The highest BCUT2D eigenvalue weighted by Gasteiger charge is 2.25. The summed E-state index contributed by atoms with van der Waals surface area (Å²) < 4.78 is 13.4. The quantitative estimate of drug-likeness (QED) is 0.735. The van der Waals surface area contributed by atoms with Gasteiger partial charge in [0.2, 0.25) is 0 Å². The van der Waals surface area contributed by atoms with E-state index in [1.807, 2.05) is 23.8 Å². The average molecular weight is 370 g/mol. The average Bonchev–Trinajstić information content (AvgIpc) is 3.15. The van der Waals surface area contributed by atoms with E-state index in [9.17, 15) is 4.39 Å². The predicted molar refractivity (Wildman–Crippen MR) is 103 cm³/mol. The molecule has 3 aromatic rings. The molecule has 4 nitrogen and oxygen atoms in total. The van der Waals surface area contributed by atoms with Gasteiger partial charge in [-0.2, -0.15) is 0 Å². The number of rotatable bonds is 5. The molecule has 1 saturated carbocycles. The summed E-state index contributed by atoms with van der Waals surface area (Å²) in [6, 6.07) is 9.58. The zero-order valence-electron chi connectivity index (χ0n) is 14.6. The number of nitrogens with zero attached hydrogens (tertiary/aromatic N) is 3. The molecule has 0 amide bonds. The van der Waals surface area contributed by atoms with E-state index in [2.05, 4.69) is 9.88 Å². The van der Waals surface area contributed by atoms with Gasteiger partial charge in [0.1, 0.15) is 5.82 Å². The third-order valence-electron chi connectivity index (χ3n) is 5.17. The summed E-state index contributed by atoms with van der Waals surface area (Å²) in [6.07, 6.45) is 6.35. The predicted octanol–water partition coefficient (Wildman–Crippen LogP) is 4.10. The van der Waals surface area contributed by atoms with Gasteiger partial charge < -0.3 is 5.73 Å². The molecule has 26 heavy (non-hydrogen) atoms. The normalized spacial score (nSPS) is 20.7. The molecule has 0 atom stereocenters. The Morgan fingerprint density at radius 3 is 2.73 bits per heavy atom. The fourth-order valence-corrected chi connectivity index (χ4v) is 4.36. The highest BCUT2D eigenvalue weighted by Crippen LogP contribution is 2.26. The minimum atomic E-state index is -0.225. The first kappa shape index (κ1) is 17.5. The fourth-order valence-electron chi connectivity index (χ4n) is 3.74. The molecule has 0 radical (unpaired) electrons. The number of hydrogen-bond acceptors (Lipinski definition) is 5. The smallest absolute Gasteiger partial charge is 0.123 e. The van der Waals surface area contributed by atoms with Gasteiger partial charge in [0, 0.05) is 41.6 Å². The number of thiazole rings is 1. The Morgan fingerprint density at radius 1 is 1.12 bits per heavy atom. The molecule has 4 rings (SSSR count). The largest absolute Gasteiger partial charge is 0.328 e. The molecule has 0 bridgehead atoms. The number of halogens is 1. The number of aromatic nitrogens is 2. The van der Waals surface area contributed by atoms with Crippen molar-refractivity contribution < 1.29 is 4.39 Å². The summed E-state index contributed by atoms with van der Waals surface area (Å²) in [5.41, 5.74) is 9.83. The maximum absolute atomic E-state index is 13.4. The Kier molecular flexibility index (Phi) is 5.24. The zero-order chi connectivity index (χ0) is 17.9. The lowest BCUT2D eigenvalue weighted by atomic mass is 9.90. The van der Waals surface area contributed by atoms with Gasteiger partial charge in [-0.3, -0.25) is 14.9 Å². The third-order valence-corrected chi connectivity index (χ3v) is 5.94. The van der Waals surface area contributed by atoms with Gasteiger partial charge in [-0.25, -0.2) is 4.39 Å². The molecule has 1 fully saturated rings. The molecule has 0 aliphatic heterocycles. The van der Waals surface area contributed by atoms with Crippen molar-refractivity contribution in [3.63, 3.8) is 0 Å². The van der Waals surface area contributed by atoms with Crippen LogP contribution in [-0.2, 0) is 13.1 Å². The Morgan fingerprint density at radius 2 is 1.96 bits per heavy atom. The van der Waals surface area contributed by atoms with Crippen LogP contribution in [0.4, 0.5) is 4.39 Å². The molecule has 2 heterocycles. The maximum Gasteiger partial charge on any atom is 0.123 e. The summed E-state index contributed by atoms with van der Waals surface area (Å²) in [5, 5.41) is 0.839. The second kappa shape index (κ2) is 7.78. The summed E-state index contributed by atoms with van der Waals surface area (Å²) >= 11 is 1.69. The molecule has 0 saturated heterocycles. The van der Waals surface area contributed by atoms with E-state index in [-0.39, 0.29) is 5.82 Å². The van der Waals surface area contributed by atoms with Gasteiger partial charge in [-0.1, -0.05) is 6.07 Å². The van der Waals surface area contributed by atoms with Crippen LogP contribution in [0.2, 0.25) is 0 Å². The van der Waals surface area contributed by atoms with Crippen molar-refractivity contribution in [2.24, 2.45) is 5.73 Å². The highest BCUT2D eigenvalue weighted by molar-refractivity contribution is 7.09. The molecular weight excluding hydrogens is 347 g/mol. The van der Waals surface area contributed by atoms with Gasteiger partial charge >= 0.3 is 0 Å². The SMILES string of the molecule is NC1CCC(N(Cc2ccc3cc(F)ccc3n2)Cc2cncs2)CC1. The van der Waals surface area contributed by atoms with E-state index in [0.29, 0.717) is 12.1 Å². The molecular formula is C20H23FN4S. The Labute approximate surface area is 156 Å². The van der Waals surface area contributed by atoms with Crippen molar-refractivity contribution in [2.45, 2.75) is 50.9 Å². The molecule has 136 valence electrons. The standard InChI is InChI=1S/C20H23FN4S/c21-15-2-8-20-14(9-15)1-5-17(24-20)11-25(12-19-10-23-13-26-19)18-6-3-16(22)4-7-18/h1-2,5,8-10,13,16,18H,3-4,6-7,11-12,22H2. The van der Waals surface area contributed by atoms with Crippen molar-refractivity contribution in [3.05, 3.63) is 58.4 Å². The maximum atomic E-state index is 13.4. The second-order valence-electron chi connectivity index (χ2n) is 7.08. The van der Waals surface area contributed by atoms with Gasteiger partial charge in [0.15, 0.2) is 0 Å². The van der Waals surface area contributed by atoms with Crippen LogP contribution in [0.1, 0.15) is 36.3 Å². The lowest BCUT2D eigenvalue weighted by Crippen LogP contribution is -2.40. The van der Waals surface area contributed by atoms with Gasteiger partial charge in [0.05, 0.1) is 16.7 Å². The molecule has 2 aromatic heterocycles. The van der Waals surface area contributed by atoms with Crippen molar-refractivity contribution in [1.82, 2.24) is 14.9 Å². The number of benzene rings is 1. The molecule has 0 unspecified atom stereocenters. The van der Waals surface area contributed by atoms with Crippen molar-refractivity contribution in [2.75, 3.05) is 0 Å². The van der Waals surface area contributed by atoms with Crippen LogP contribution in [0, 0.1) is 5.82 Å². The van der Waals surface area contributed by atoms with Crippen molar-refractivity contribution in [1.29, 1.82) is 0 Å². The van der Waals surface area contributed by atoms with Crippen LogP contribution in [0.25, 0.3) is 10.9 Å². The number of nitrogens with two attached hydrogens (primary N) is 1. The Bertz CT molecular complexity index is 859. The number of pyridine rings is 1. The summed E-state index contributed by atoms with van der Waals surface area (Å²) in [4.78, 5) is 12.7. The second-order valence-corrected chi connectivity index (χ2v) is 8.05. The van der Waals surface area contributed by atoms with Crippen molar-refractivity contribution >= 4 is 22.2 Å². The Balaban J connectivity index is 1.56. The minimum absolute atomic E-state index is 0.225. The minimum Gasteiger partial charge on any atom is -0.328 e. The van der Waals surface area contributed by atoms with Crippen LogP contribution in [0.15, 0.2) is 42.0 Å². The Hall–Kier alpha value is -1.89. The van der Waals surface area contributed by atoms with Crippen LogP contribution in [0.5, 0.6) is 0 Å². The summed E-state index contributed by atoms with van der Waals surface area (Å²) in [6.45, 7) is 1.67. The lowest BCUT2D eigenvalue weighted by Gasteiger charge is -2.35. The van der Waals surface area contributed by atoms with E-state index < -0.39 is 0 Å². The van der Waals surface area contributed by atoms with Crippen LogP contribution < -0.4 is 5.73 Å². The number of hydrogen-bond donors (Lipinski definition) is 1. The molecule has 6 heteroatoms. The highest BCUT2D eigenvalue weighted by atomic mass is 32.1. The third kappa shape index (κ3) is 4.09. The summed E-state index contributed by atoms with van der Waals surface area (Å²) in [7, 11) is 0. The molecule has 1 aromatic carbocycles. The van der Waals surface area contributed by atoms with Crippen molar-refractivity contribution in [3.8, 4) is 0 Å². The summed E-state index contributed by atoms with van der Waals surface area (Å²) in [5.74, 6) is -0.225. The van der Waals surface area contributed by atoms with E-state index >= 15 is 0 Å². The lowest BCUT2D eigenvalue weighted by molar-refractivity contribution is 0.134. The topological polar surface area (TPSA) is 55.0 Å². The van der Waals surface area contributed by atoms with Gasteiger partial charge in [0.25, 0.3) is 0 Å². The first-order chi connectivity index (χ1) is 12.7. The monoisotopic (exact) mass is 370 g/mol. The van der Waals surface area contributed by atoms with E-state index in [4.69, 9.17) is 10.7 Å². The van der Waals surface area contributed by atoms with Crippen LogP contribution in [-0.4, -0.2) is 27.0 Å². The zero-order valence-corrected chi connectivity index (χ0v) is 15.5. The first-order valence-corrected chi connectivity index (χ1v) is 9.97. The number of fused-ring (bicyclic) bond motifs is 1. The van der Waals surface area contributed by atoms with Crippen LogP contribution >= 0.6 is 11.3 Å². The van der Waals surface area contributed by atoms with E-state index in [0.717, 1.165) is 55.4 Å². The fraction of sp³-hybridized carbons (Fsp3) is 0.400. The van der Waals surface area contributed by atoms with Gasteiger partial charge in [-0.05, 0) is 49.9 Å². The molecule has 1 aliphatic rings. The molecule has 2 N–H and O–H groups in total. The van der Waals surface area contributed by atoms with Crippen LogP contribution in [0.3, 0.4) is 0 Å². The molecule has 1 aliphatic carbocycles.